The fourth-order valence-corrected chi connectivity index (χ4v) is 5.28. The van der Waals surface area contributed by atoms with Crippen LogP contribution < -0.4 is 25.4 Å². The molecule has 42 heavy (non-hydrogen) atoms. The van der Waals surface area contributed by atoms with Gasteiger partial charge in [-0.3, -0.25) is 14.4 Å². The fraction of sp³-hybridized carbons (Fsp3) is 0.0938. The van der Waals surface area contributed by atoms with Crippen LogP contribution in [-0.2, 0) is 9.59 Å². The van der Waals surface area contributed by atoms with Crippen LogP contribution in [-0.4, -0.2) is 29.8 Å². The van der Waals surface area contributed by atoms with Gasteiger partial charge in [0, 0.05) is 32.4 Å². The van der Waals surface area contributed by atoms with Gasteiger partial charge in [-0.05, 0) is 79.2 Å². The minimum Gasteiger partial charge on any atom is -0.454 e. The van der Waals surface area contributed by atoms with Crippen LogP contribution in [0.4, 0.5) is 11.4 Å². The molecule has 0 bridgehead atoms. The molecule has 0 aliphatic carbocycles. The van der Waals surface area contributed by atoms with Crippen LogP contribution in [0.2, 0.25) is 0 Å². The van der Waals surface area contributed by atoms with E-state index in [2.05, 4.69) is 31.9 Å². The van der Waals surface area contributed by atoms with E-state index < -0.39 is 11.8 Å². The van der Waals surface area contributed by atoms with Gasteiger partial charge in [-0.15, -0.1) is 11.8 Å². The van der Waals surface area contributed by atoms with Gasteiger partial charge in [-0.25, -0.2) is 0 Å². The Morgan fingerprint density at radius 2 is 1.57 bits per heavy atom. The number of amides is 3. The highest BCUT2D eigenvalue weighted by atomic mass is 79.9. The molecule has 0 spiro atoms. The van der Waals surface area contributed by atoms with Crippen LogP contribution in [0.1, 0.15) is 22.8 Å². The van der Waals surface area contributed by atoms with Crippen molar-refractivity contribution >= 4 is 62.9 Å². The van der Waals surface area contributed by atoms with E-state index in [-0.39, 0.29) is 23.6 Å². The number of anilines is 2. The van der Waals surface area contributed by atoms with E-state index in [0.717, 1.165) is 14.9 Å². The lowest BCUT2D eigenvalue weighted by Crippen LogP contribution is -2.30. The minimum atomic E-state index is -0.476. The van der Waals surface area contributed by atoms with Crippen molar-refractivity contribution in [3.8, 4) is 11.5 Å². The number of carbonyl (C=O) groups is 3. The zero-order chi connectivity index (χ0) is 29.5. The summed E-state index contributed by atoms with van der Waals surface area (Å²) in [4.78, 5) is 39.7. The van der Waals surface area contributed by atoms with E-state index in [1.165, 1.54) is 11.8 Å². The number of halogens is 1. The maximum atomic E-state index is 13.3. The Bertz CT molecular complexity index is 1640. The number of carbonyl (C=O) groups excluding carboxylic acids is 3. The summed E-state index contributed by atoms with van der Waals surface area (Å²) in [6.07, 6.45) is 1.62. The van der Waals surface area contributed by atoms with Crippen molar-refractivity contribution in [2.45, 2.75) is 17.1 Å². The first-order valence-electron chi connectivity index (χ1n) is 13.0. The summed E-state index contributed by atoms with van der Waals surface area (Å²) in [7, 11) is 0. The Morgan fingerprint density at radius 3 is 2.33 bits per heavy atom. The van der Waals surface area contributed by atoms with Gasteiger partial charge in [-0.1, -0.05) is 46.3 Å². The molecule has 1 aliphatic rings. The molecule has 0 saturated carbocycles. The van der Waals surface area contributed by atoms with Crippen LogP contribution in [0, 0.1) is 0 Å². The van der Waals surface area contributed by atoms with Crippen molar-refractivity contribution in [2.24, 2.45) is 0 Å². The molecule has 1 unspecified atom stereocenters. The number of fused-ring (bicyclic) bond motifs is 1. The second-order valence-corrected chi connectivity index (χ2v) is 11.6. The fourth-order valence-electron chi connectivity index (χ4n) is 4.00. The number of benzene rings is 4. The van der Waals surface area contributed by atoms with Gasteiger partial charge in [0.1, 0.15) is 5.70 Å². The Kier molecular flexibility index (Phi) is 9.25. The highest BCUT2D eigenvalue weighted by molar-refractivity contribution is 9.10. The zero-order valence-corrected chi connectivity index (χ0v) is 24.8. The maximum absolute atomic E-state index is 13.3. The normalized spacial score (nSPS) is 12.8. The summed E-state index contributed by atoms with van der Waals surface area (Å²) >= 11 is 4.82. The molecule has 0 aromatic heterocycles. The molecule has 1 aliphatic heterocycles. The summed E-state index contributed by atoms with van der Waals surface area (Å²) in [6.45, 7) is 1.98. The van der Waals surface area contributed by atoms with Crippen molar-refractivity contribution in [3.05, 3.63) is 118 Å². The summed E-state index contributed by atoms with van der Waals surface area (Å²) in [5.74, 6) is 0.215. The Balaban J connectivity index is 1.23. The number of rotatable bonds is 9. The van der Waals surface area contributed by atoms with Gasteiger partial charge >= 0.3 is 0 Å². The number of thioether (sulfide) groups is 1. The van der Waals surface area contributed by atoms with Crippen molar-refractivity contribution in [1.82, 2.24) is 5.32 Å². The van der Waals surface area contributed by atoms with E-state index in [0.29, 0.717) is 28.4 Å². The third-order valence-corrected chi connectivity index (χ3v) is 7.73. The van der Waals surface area contributed by atoms with E-state index in [9.17, 15) is 14.4 Å². The molecule has 3 amide bonds. The van der Waals surface area contributed by atoms with Crippen LogP contribution in [0.15, 0.2) is 112 Å². The quantitative estimate of drug-likeness (QED) is 0.138. The summed E-state index contributed by atoms with van der Waals surface area (Å²) in [5, 5.41) is 8.09. The average molecular weight is 645 g/mol. The predicted molar refractivity (Wildman–Crippen MR) is 168 cm³/mol. The molecule has 5 rings (SSSR count). The zero-order valence-electron chi connectivity index (χ0n) is 22.4. The smallest absolute Gasteiger partial charge is 0.272 e. The lowest BCUT2D eigenvalue weighted by atomic mass is 10.1. The molecule has 1 heterocycles. The summed E-state index contributed by atoms with van der Waals surface area (Å²) in [5.41, 5.74) is 2.43. The van der Waals surface area contributed by atoms with Crippen LogP contribution in [0.5, 0.6) is 11.5 Å². The van der Waals surface area contributed by atoms with E-state index in [4.69, 9.17) is 9.47 Å². The number of nitrogens with one attached hydrogen (secondary N) is 3. The molecule has 212 valence electrons. The monoisotopic (exact) mass is 643 g/mol. The molecular formula is C32H26BrN3O5S. The first-order valence-corrected chi connectivity index (χ1v) is 14.6. The molecule has 0 radical (unpaired) electrons. The Hall–Kier alpha value is -4.54. The largest absolute Gasteiger partial charge is 0.454 e. The first-order chi connectivity index (χ1) is 20.3. The van der Waals surface area contributed by atoms with Crippen LogP contribution >= 0.6 is 27.7 Å². The number of hydrogen-bond donors (Lipinski definition) is 3. The minimum absolute atomic E-state index is 0.0919. The number of hydrogen-bond acceptors (Lipinski definition) is 6. The van der Waals surface area contributed by atoms with Gasteiger partial charge in [-0.2, -0.15) is 0 Å². The first kappa shape index (κ1) is 29.0. The molecule has 4 aromatic carbocycles. The Morgan fingerprint density at radius 1 is 0.833 bits per heavy atom. The van der Waals surface area contributed by atoms with Gasteiger partial charge in [0.2, 0.25) is 12.7 Å². The van der Waals surface area contributed by atoms with Crippen LogP contribution in [0.3, 0.4) is 0 Å². The second kappa shape index (κ2) is 13.4. The maximum Gasteiger partial charge on any atom is 0.272 e. The lowest BCUT2D eigenvalue weighted by Gasteiger charge is -2.14. The van der Waals surface area contributed by atoms with Gasteiger partial charge in [0.15, 0.2) is 11.5 Å². The van der Waals surface area contributed by atoms with E-state index in [1.807, 2.05) is 49.4 Å². The Labute approximate surface area is 255 Å². The van der Waals surface area contributed by atoms with E-state index >= 15 is 0 Å². The van der Waals surface area contributed by atoms with E-state index in [1.54, 1.807) is 60.7 Å². The van der Waals surface area contributed by atoms with Gasteiger partial charge in [0.25, 0.3) is 11.8 Å². The topological polar surface area (TPSA) is 106 Å². The third-order valence-electron chi connectivity index (χ3n) is 6.12. The molecule has 8 nitrogen and oxygen atoms in total. The van der Waals surface area contributed by atoms with Gasteiger partial charge in [0.05, 0.1) is 5.25 Å². The molecular weight excluding hydrogens is 618 g/mol. The molecule has 10 heteroatoms. The average Bonchev–Trinajstić information content (AvgIpc) is 3.46. The second-order valence-electron chi connectivity index (χ2n) is 9.23. The predicted octanol–water partition coefficient (Wildman–Crippen LogP) is 6.71. The highest BCUT2D eigenvalue weighted by Crippen LogP contribution is 2.34. The van der Waals surface area contributed by atoms with Crippen molar-refractivity contribution in [3.63, 3.8) is 0 Å². The molecule has 3 N–H and O–H groups in total. The molecule has 0 saturated heterocycles. The third kappa shape index (κ3) is 7.59. The van der Waals surface area contributed by atoms with Crippen molar-refractivity contribution in [2.75, 3.05) is 17.4 Å². The summed E-state index contributed by atoms with van der Waals surface area (Å²) < 4.78 is 11.5. The number of ether oxygens (including phenoxy) is 2. The standard InChI is InChI=1S/C32H26BrN3O5S/c1-20(30(37)35-25-12-15-28-29(18-25)41-19-40-28)42-26-13-10-24(11-14-26)34-32(39)27(17-21-6-5-9-23(33)16-21)36-31(38)22-7-3-2-4-8-22/h2-18,20H,19H2,1H3,(H,34,39)(H,35,37)(H,36,38)/b27-17-. The molecule has 4 aromatic rings. The van der Waals surface area contributed by atoms with Crippen LogP contribution in [0.25, 0.3) is 6.08 Å². The SMILES string of the molecule is CC(Sc1ccc(NC(=O)/C(=C/c2cccc(Br)c2)NC(=O)c2ccccc2)cc1)C(=O)Nc1ccc2c(c1)OCO2. The molecule has 0 fully saturated rings. The highest BCUT2D eigenvalue weighted by Gasteiger charge is 2.19. The lowest BCUT2D eigenvalue weighted by molar-refractivity contribution is -0.115. The van der Waals surface area contributed by atoms with Crippen molar-refractivity contribution in [1.29, 1.82) is 0 Å². The summed E-state index contributed by atoms with van der Waals surface area (Å²) in [6, 6.07) is 28.5. The van der Waals surface area contributed by atoms with Crippen molar-refractivity contribution < 1.29 is 23.9 Å². The molecule has 1 atom stereocenters. The van der Waals surface area contributed by atoms with Gasteiger partial charge < -0.3 is 25.4 Å².